The number of anilines is 2. The standard InChI is InChI=1S/C25H26ClN5O4/c1-15-12-29(19-10-9-18(34-3)11-20(19)35-4)24-27-22-21(30(24)13-15)23(32)31(25(33)28(22)2)14-16-5-7-17(26)8-6-16/h5-11,15H,12-14H2,1-4H3/t15-/m0/s1. The van der Waals surface area contributed by atoms with E-state index in [-0.39, 0.29) is 18.0 Å². The Morgan fingerprint density at radius 1 is 1.06 bits per heavy atom. The fourth-order valence-corrected chi connectivity index (χ4v) is 4.75. The van der Waals surface area contributed by atoms with Gasteiger partial charge in [-0.3, -0.25) is 13.9 Å². The summed E-state index contributed by atoms with van der Waals surface area (Å²) in [5, 5.41) is 0.595. The van der Waals surface area contributed by atoms with Gasteiger partial charge < -0.3 is 18.9 Å². The van der Waals surface area contributed by atoms with Crippen LogP contribution >= 0.6 is 11.6 Å². The van der Waals surface area contributed by atoms with Crippen LogP contribution in [0.2, 0.25) is 5.02 Å². The Labute approximate surface area is 206 Å². The number of hydrogen-bond acceptors (Lipinski definition) is 6. The highest BCUT2D eigenvalue weighted by Crippen LogP contribution is 2.39. The van der Waals surface area contributed by atoms with E-state index in [0.717, 1.165) is 11.3 Å². The SMILES string of the molecule is COc1ccc(N2C[C@H](C)Cn3c2nc2c3c(=O)n(Cc3ccc(Cl)cc3)c(=O)n2C)c(OC)c1. The Kier molecular flexibility index (Phi) is 5.80. The van der Waals surface area contributed by atoms with Crippen LogP contribution in [0.15, 0.2) is 52.1 Å². The zero-order valence-corrected chi connectivity index (χ0v) is 20.7. The molecule has 3 heterocycles. The lowest BCUT2D eigenvalue weighted by Crippen LogP contribution is -2.40. The van der Waals surface area contributed by atoms with Crippen molar-refractivity contribution in [3.05, 3.63) is 73.9 Å². The van der Waals surface area contributed by atoms with Crippen LogP contribution in [0.5, 0.6) is 11.5 Å². The number of methoxy groups -OCH3 is 2. The van der Waals surface area contributed by atoms with Gasteiger partial charge in [-0.05, 0) is 35.7 Å². The third-order valence-corrected chi connectivity index (χ3v) is 6.63. The smallest absolute Gasteiger partial charge is 0.332 e. The minimum atomic E-state index is -0.422. The van der Waals surface area contributed by atoms with Crippen LogP contribution in [-0.2, 0) is 20.1 Å². The molecule has 0 unspecified atom stereocenters. The fourth-order valence-electron chi connectivity index (χ4n) is 4.63. The van der Waals surface area contributed by atoms with Crippen molar-refractivity contribution in [3.63, 3.8) is 0 Å². The number of aromatic nitrogens is 4. The van der Waals surface area contributed by atoms with Gasteiger partial charge in [0, 0.05) is 31.2 Å². The third kappa shape index (κ3) is 3.85. The first-order valence-electron chi connectivity index (χ1n) is 11.3. The quantitative estimate of drug-likeness (QED) is 0.422. The molecule has 0 saturated carbocycles. The molecule has 35 heavy (non-hydrogen) atoms. The molecule has 1 aliphatic rings. The Bertz CT molecular complexity index is 1540. The summed E-state index contributed by atoms with van der Waals surface area (Å²) < 4.78 is 15.6. The average Bonchev–Trinajstić information content (AvgIpc) is 3.25. The van der Waals surface area contributed by atoms with Crippen LogP contribution in [-0.4, -0.2) is 39.4 Å². The molecule has 0 radical (unpaired) electrons. The van der Waals surface area contributed by atoms with Crippen molar-refractivity contribution in [2.24, 2.45) is 13.0 Å². The van der Waals surface area contributed by atoms with E-state index < -0.39 is 5.69 Å². The molecule has 9 nitrogen and oxygen atoms in total. The summed E-state index contributed by atoms with van der Waals surface area (Å²) in [7, 11) is 4.85. The van der Waals surface area contributed by atoms with Gasteiger partial charge in [-0.2, -0.15) is 4.98 Å². The van der Waals surface area contributed by atoms with Crippen molar-refractivity contribution in [1.29, 1.82) is 0 Å². The molecule has 0 saturated heterocycles. The summed E-state index contributed by atoms with van der Waals surface area (Å²) in [5.41, 5.74) is 1.59. The number of halogens is 1. The second kappa shape index (κ2) is 8.81. The van der Waals surface area contributed by atoms with E-state index in [9.17, 15) is 9.59 Å². The third-order valence-electron chi connectivity index (χ3n) is 6.37. The van der Waals surface area contributed by atoms with E-state index in [0.29, 0.717) is 46.7 Å². The molecule has 0 fully saturated rings. The van der Waals surface area contributed by atoms with Gasteiger partial charge in [-0.1, -0.05) is 30.7 Å². The largest absolute Gasteiger partial charge is 0.497 e. The zero-order valence-electron chi connectivity index (χ0n) is 20.0. The van der Waals surface area contributed by atoms with E-state index in [4.69, 9.17) is 26.1 Å². The number of fused-ring (bicyclic) bond motifs is 3. The second-order valence-electron chi connectivity index (χ2n) is 8.81. The van der Waals surface area contributed by atoms with Crippen molar-refractivity contribution < 1.29 is 9.47 Å². The van der Waals surface area contributed by atoms with Crippen molar-refractivity contribution >= 4 is 34.4 Å². The van der Waals surface area contributed by atoms with Crippen molar-refractivity contribution in [1.82, 2.24) is 18.7 Å². The predicted molar refractivity (Wildman–Crippen MR) is 136 cm³/mol. The number of hydrogen-bond donors (Lipinski definition) is 0. The Balaban J connectivity index is 1.70. The van der Waals surface area contributed by atoms with E-state index in [1.165, 1.54) is 9.13 Å². The molecule has 0 spiro atoms. The van der Waals surface area contributed by atoms with Gasteiger partial charge in [0.05, 0.1) is 26.5 Å². The molecule has 4 aromatic rings. The van der Waals surface area contributed by atoms with Gasteiger partial charge in [-0.25, -0.2) is 4.79 Å². The fraction of sp³-hybridized carbons (Fsp3) is 0.320. The summed E-state index contributed by atoms with van der Waals surface area (Å²) in [6, 6.07) is 12.7. The molecule has 0 aliphatic carbocycles. The Morgan fingerprint density at radius 3 is 2.49 bits per heavy atom. The number of imidazole rings is 1. The monoisotopic (exact) mass is 495 g/mol. The molecule has 2 aromatic heterocycles. The minimum absolute atomic E-state index is 0.144. The lowest BCUT2D eigenvalue weighted by Gasteiger charge is -2.33. The lowest BCUT2D eigenvalue weighted by atomic mass is 10.1. The molecule has 1 aliphatic heterocycles. The summed E-state index contributed by atoms with van der Waals surface area (Å²) in [6.07, 6.45) is 0. The predicted octanol–water partition coefficient (Wildman–Crippen LogP) is 3.40. The summed E-state index contributed by atoms with van der Waals surface area (Å²) in [6.45, 7) is 3.55. The van der Waals surface area contributed by atoms with Gasteiger partial charge in [0.2, 0.25) is 5.95 Å². The van der Waals surface area contributed by atoms with Gasteiger partial charge in [0.25, 0.3) is 5.56 Å². The van der Waals surface area contributed by atoms with Crippen molar-refractivity contribution in [2.75, 3.05) is 25.7 Å². The molecular weight excluding hydrogens is 470 g/mol. The Hall–Kier alpha value is -3.72. The molecule has 0 amide bonds. The van der Waals surface area contributed by atoms with Crippen LogP contribution in [0.25, 0.3) is 11.2 Å². The molecule has 182 valence electrons. The van der Waals surface area contributed by atoms with Gasteiger partial charge >= 0.3 is 5.69 Å². The van der Waals surface area contributed by atoms with Crippen LogP contribution in [0.3, 0.4) is 0 Å². The highest BCUT2D eigenvalue weighted by molar-refractivity contribution is 6.30. The number of rotatable bonds is 5. The van der Waals surface area contributed by atoms with Crippen LogP contribution in [0.4, 0.5) is 11.6 Å². The maximum atomic E-state index is 13.7. The van der Waals surface area contributed by atoms with Crippen LogP contribution in [0.1, 0.15) is 12.5 Å². The average molecular weight is 496 g/mol. The summed E-state index contributed by atoms with van der Waals surface area (Å²) >= 11 is 6.00. The summed E-state index contributed by atoms with van der Waals surface area (Å²) in [5.74, 6) is 2.12. The lowest BCUT2D eigenvalue weighted by molar-refractivity contribution is 0.392. The van der Waals surface area contributed by atoms with E-state index in [2.05, 4.69) is 6.92 Å². The molecule has 2 aromatic carbocycles. The number of benzene rings is 2. The van der Waals surface area contributed by atoms with Crippen molar-refractivity contribution in [3.8, 4) is 11.5 Å². The van der Waals surface area contributed by atoms with E-state index in [1.807, 2.05) is 39.8 Å². The number of aryl methyl sites for hydroxylation is 1. The minimum Gasteiger partial charge on any atom is -0.497 e. The molecule has 10 heteroatoms. The van der Waals surface area contributed by atoms with Gasteiger partial charge in [0.15, 0.2) is 11.2 Å². The van der Waals surface area contributed by atoms with E-state index >= 15 is 0 Å². The van der Waals surface area contributed by atoms with Gasteiger partial charge in [-0.15, -0.1) is 0 Å². The number of nitrogens with zero attached hydrogens (tertiary/aromatic N) is 5. The highest BCUT2D eigenvalue weighted by atomic mass is 35.5. The zero-order chi connectivity index (χ0) is 24.9. The first kappa shape index (κ1) is 23.0. The molecule has 0 bridgehead atoms. The number of ether oxygens (including phenoxy) is 2. The van der Waals surface area contributed by atoms with E-state index in [1.54, 1.807) is 33.4 Å². The molecule has 0 N–H and O–H groups in total. The second-order valence-corrected chi connectivity index (χ2v) is 9.24. The first-order valence-corrected chi connectivity index (χ1v) is 11.6. The van der Waals surface area contributed by atoms with Crippen molar-refractivity contribution in [2.45, 2.75) is 20.0 Å². The van der Waals surface area contributed by atoms with Crippen LogP contribution < -0.4 is 25.6 Å². The first-order chi connectivity index (χ1) is 16.8. The molecule has 5 rings (SSSR count). The highest BCUT2D eigenvalue weighted by Gasteiger charge is 2.31. The normalized spacial score (nSPS) is 15.3. The Morgan fingerprint density at radius 2 is 1.80 bits per heavy atom. The maximum absolute atomic E-state index is 13.7. The van der Waals surface area contributed by atoms with Gasteiger partial charge in [0.1, 0.15) is 11.5 Å². The maximum Gasteiger partial charge on any atom is 0.332 e. The topological polar surface area (TPSA) is 83.5 Å². The summed E-state index contributed by atoms with van der Waals surface area (Å²) in [4.78, 5) is 33.6. The molecule has 1 atom stereocenters. The molecular formula is C25H26ClN5O4. The van der Waals surface area contributed by atoms with Crippen LogP contribution in [0, 0.1) is 5.92 Å².